The number of hydrogen-bond donors (Lipinski definition) is 1. The topological polar surface area (TPSA) is 46.3 Å². The van der Waals surface area contributed by atoms with Gasteiger partial charge in [-0.15, -0.1) is 12.4 Å². The van der Waals surface area contributed by atoms with Crippen LogP contribution in [-0.4, -0.2) is 30.4 Å². The van der Waals surface area contributed by atoms with Gasteiger partial charge in [0.15, 0.2) is 0 Å². The molecule has 3 nitrogen and oxygen atoms in total. The van der Waals surface area contributed by atoms with E-state index in [4.69, 9.17) is 5.73 Å². The van der Waals surface area contributed by atoms with Crippen LogP contribution in [0.3, 0.4) is 0 Å². The van der Waals surface area contributed by atoms with E-state index in [1.807, 2.05) is 0 Å². The summed E-state index contributed by atoms with van der Waals surface area (Å²) >= 11 is 0. The van der Waals surface area contributed by atoms with Crippen LogP contribution in [0.25, 0.3) is 0 Å². The van der Waals surface area contributed by atoms with Gasteiger partial charge >= 0.3 is 0 Å². The Balaban J connectivity index is 0.000000810. The molecule has 1 fully saturated rings. The Bertz CT molecular complexity index is 123. The molecule has 0 atom stereocenters. The molecular weight excluding hydrogens is 152 g/mol. The molecule has 0 aromatic rings. The highest BCUT2D eigenvalue weighted by Crippen LogP contribution is 2.12. The van der Waals surface area contributed by atoms with Crippen molar-refractivity contribution in [2.75, 3.05) is 19.6 Å². The molecule has 60 valence electrons. The molecule has 1 saturated heterocycles. The molecule has 0 aromatic carbocycles. The summed E-state index contributed by atoms with van der Waals surface area (Å²) in [5.74, 6) is 0.730. The lowest BCUT2D eigenvalue weighted by atomic mass is 10.0. The Morgan fingerprint density at radius 3 is 2.50 bits per heavy atom. The van der Waals surface area contributed by atoms with Crippen molar-refractivity contribution < 1.29 is 4.79 Å². The predicted octanol–water partition coefficient (Wildman–Crippen LogP) is -0.155. The smallest absolute Gasteiger partial charge is 0.219 e. The SMILES string of the molecule is CC(=O)N1CC(CN)C1.Cl. The molecule has 1 heterocycles. The minimum atomic E-state index is 0. The van der Waals surface area contributed by atoms with Crippen LogP contribution >= 0.6 is 12.4 Å². The molecule has 4 heteroatoms. The lowest BCUT2D eigenvalue weighted by Gasteiger charge is -2.37. The number of carbonyl (C=O) groups is 1. The first-order valence-corrected chi connectivity index (χ1v) is 3.19. The highest BCUT2D eigenvalue weighted by molar-refractivity contribution is 5.85. The molecule has 0 saturated carbocycles. The van der Waals surface area contributed by atoms with Crippen LogP contribution in [-0.2, 0) is 4.79 Å². The first-order valence-electron chi connectivity index (χ1n) is 3.19. The lowest BCUT2D eigenvalue weighted by Crippen LogP contribution is -2.51. The van der Waals surface area contributed by atoms with Gasteiger partial charge in [-0.25, -0.2) is 0 Å². The van der Waals surface area contributed by atoms with Gasteiger partial charge in [0, 0.05) is 25.9 Å². The zero-order valence-corrected chi connectivity index (χ0v) is 6.86. The van der Waals surface area contributed by atoms with E-state index in [1.165, 1.54) is 0 Å². The molecule has 0 unspecified atom stereocenters. The monoisotopic (exact) mass is 164 g/mol. The van der Waals surface area contributed by atoms with Crippen LogP contribution in [0.2, 0.25) is 0 Å². The van der Waals surface area contributed by atoms with Gasteiger partial charge in [0.05, 0.1) is 0 Å². The van der Waals surface area contributed by atoms with Crippen LogP contribution in [0.4, 0.5) is 0 Å². The highest BCUT2D eigenvalue weighted by Gasteiger charge is 2.26. The molecule has 1 aliphatic rings. The number of amides is 1. The van der Waals surface area contributed by atoms with E-state index in [0.29, 0.717) is 12.5 Å². The summed E-state index contributed by atoms with van der Waals surface area (Å²) in [6.45, 7) is 4.04. The van der Waals surface area contributed by atoms with Gasteiger partial charge in [-0.3, -0.25) is 4.79 Å². The molecule has 10 heavy (non-hydrogen) atoms. The van der Waals surface area contributed by atoms with E-state index in [2.05, 4.69) is 0 Å². The maximum Gasteiger partial charge on any atom is 0.219 e. The van der Waals surface area contributed by atoms with Crippen LogP contribution < -0.4 is 5.73 Å². The standard InChI is InChI=1S/C6H12N2O.ClH/c1-5(9)8-3-6(2-7)4-8;/h6H,2-4,7H2,1H3;1H. The molecule has 1 amide bonds. The molecule has 1 rings (SSSR count). The average molecular weight is 165 g/mol. The Morgan fingerprint density at radius 2 is 2.20 bits per heavy atom. The van der Waals surface area contributed by atoms with E-state index in [9.17, 15) is 4.79 Å². The van der Waals surface area contributed by atoms with Gasteiger partial charge in [-0.2, -0.15) is 0 Å². The van der Waals surface area contributed by atoms with E-state index < -0.39 is 0 Å². The fourth-order valence-electron chi connectivity index (χ4n) is 0.976. The second kappa shape index (κ2) is 3.78. The Hall–Kier alpha value is -0.280. The van der Waals surface area contributed by atoms with Gasteiger partial charge in [0.2, 0.25) is 5.91 Å². The van der Waals surface area contributed by atoms with E-state index in [-0.39, 0.29) is 18.3 Å². The van der Waals surface area contributed by atoms with E-state index in [0.717, 1.165) is 13.1 Å². The third kappa shape index (κ3) is 1.85. The van der Waals surface area contributed by atoms with E-state index in [1.54, 1.807) is 11.8 Å². The Morgan fingerprint density at radius 1 is 1.70 bits per heavy atom. The fraction of sp³-hybridized carbons (Fsp3) is 0.833. The number of likely N-dealkylation sites (tertiary alicyclic amines) is 1. The zero-order chi connectivity index (χ0) is 6.85. The largest absolute Gasteiger partial charge is 0.342 e. The predicted molar refractivity (Wildman–Crippen MR) is 42.0 cm³/mol. The van der Waals surface area contributed by atoms with Gasteiger partial charge < -0.3 is 10.6 Å². The lowest BCUT2D eigenvalue weighted by molar-refractivity contribution is -0.134. The average Bonchev–Trinajstić information content (AvgIpc) is 1.61. The molecular formula is C6H13ClN2O. The van der Waals surface area contributed by atoms with Crippen LogP contribution in [0, 0.1) is 5.92 Å². The van der Waals surface area contributed by atoms with Crippen molar-refractivity contribution in [3.05, 3.63) is 0 Å². The van der Waals surface area contributed by atoms with Crippen LogP contribution in [0.5, 0.6) is 0 Å². The van der Waals surface area contributed by atoms with Crippen molar-refractivity contribution in [1.29, 1.82) is 0 Å². The fourth-order valence-corrected chi connectivity index (χ4v) is 0.976. The number of halogens is 1. The maximum absolute atomic E-state index is 10.6. The molecule has 2 N–H and O–H groups in total. The maximum atomic E-state index is 10.6. The van der Waals surface area contributed by atoms with Crippen molar-refractivity contribution in [1.82, 2.24) is 4.90 Å². The summed E-state index contributed by atoms with van der Waals surface area (Å²) in [5, 5.41) is 0. The van der Waals surface area contributed by atoms with Gasteiger partial charge in [0.1, 0.15) is 0 Å². The number of hydrogen-bond acceptors (Lipinski definition) is 2. The molecule has 1 aliphatic heterocycles. The van der Waals surface area contributed by atoms with Crippen molar-refractivity contribution in [2.24, 2.45) is 11.7 Å². The van der Waals surface area contributed by atoms with Crippen molar-refractivity contribution in [2.45, 2.75) is 6.92 Å². The quantitative estimate of drug-likeness (QED) is 0.586. The normalized spacial score (nSPS) is 17.6. The van der Waals surface area contributed by atoms with Gasteiger partial charge in [-0.05, 0) is 6.54 Å². The first-order chi connectivity index (χ1) is 4.24. The third-order valence-corrected chi connectivity index (χ3v) is 1.74. The molecule has 0 radical (unpaired) electrons. The van der Waals surface area contributed by atoms with Crippen molar-refractivity contribution in [3.63, 3.8) is 0 Å². The van der Waals surface area contributed by atoms with Crippen LogP contribution in [0.15, 0.2) is 0 Å². The van der Waals surface area contributed by atoms with Crippen LogP contribution in [0.1, 0.15) is 6.92 Å². The molecule has 0 aliphatic carbocycles. The molecule has 0 aromatic heterocycles. The summed E-state index contributed by atoms with van der Waals surface area (Å²) in [5.41, 5.74) is 5.36. The minimum absolute atomic E-state index is 0. The first kappa shape index (κ1) is 9.72. The highest BCUT2D eigenvalue weighted by atomic mass is 35.5. The summed E-state index contributed by atoms with van der Waals surface area (Å²) in [6, 6.07) is 0. The van der Waals surface area contributed by atoms with Gasteiger partial charge in [0.25, 0.3) is 0 Å². The summed E-state index contributed by atoms with van der Waals surface area (Å²) in [4.78, 5) is 12.4. The number of nitrogens with zero attached hydrogens (tertiary/aromatic N) is 1. The second-order valence-electron chi connectivity index (χ2n) is 2.53. The third-order valence-electron chi connectivity index (χ3n) is 1.74. The van der Waals surface area contributed by atoms with Gasteiger partial charge in [-0.1, -0.05) is 0 Å². The summed E-state index contributed by atoms with van der Waals surface area (Å²) < 4.78 is 0. The molecule has 0 spiro atoms. The summed E-state index contributed by atoms with van der Waals surface area (Å²) in [7, 11) is 0. The number of carbonyl (C=O) groups excluding carboxylic acids is 1. The van der Waals surface area contributed by atoms with Crippen molar-refractivity contribution in [3.8, 4) is 0 Å². The number of rotatable bonds is 1. The summed E-state index contributed by atoms with van der Waals surface area (Å²) in [6.07, 6.45) is 0. The minimum Gasteiger partial charge on any atom is -0.342 e. The Labute approximate surface area is 67.0 Å². The molecule has 0 bridgehead atoms. The zero-order valence-electron chi connectivity index (χ0n) is 6.04. The Kier molecular flexibility index (Phi) is 3.68. The van der Waals surface area contributed by atoms with E-state index >= 15 is 0 Å². The number of nitrogens with two attached hydrogens (primary N) is 1. The van der Waals surface area contributed by atoms with Crippen molar-refractivity contribution >= 4 is 18.3 Å². The second-order valence-corrected chi connectivity index (χ2v) is 2.53.